The fourth-order valence-corrected chi connectivity index (χ4v) is 4.78. The number of nitrogens with one attached hydrogen (secondary N) is 2. The first kappa shape index (κ1) is 21.3. The van der Waals surface area contributed by atoms with Crippen molar-refractivity contribution < 1.29 is 4.74 Å². The lowest BCUT2D eigenvalue weighted by Gasteiger charge is -2.08. The van der Waals surface area contributed by atoms with E-state index in [1.807, 2.05) is 6.07 Å². The van der Waals surface area contributed by atoms with Crippen LogP contribution in [0.3, 0.4) is 0 Å². The predicted octanol–water partition coefficient (Wildman–Crippen LogP) is 6.14. The standard InChI is InChI=1S/C28H30N4O/c1-17-12-21-14-20(8-10-26(21)29-17)15-22-13-18(2)30-28(32-22)7-5-6-24-19(3)31-27-11-9-23(33-4)16-25(24)27/h8-14,16,29,31H,5-7,15H2,1-4H3. The molecule has 33 heavy (non-hydrogen) atoms. The Labute approximate surface area is 194 Å². The molecule has 0 aliphatic carbocycles. The maximum atomic E-state index is 5.42. The molecular weight excluding hydrogens is 408 g/mol. The van der Waals surface area contributed by atoms with Crippen molar-refractivity contribution in [2.24, 2.45) is 0 Å². The Kier molecular flexibility index (Phi) is 5.63. The number of benzene rings is 2. The summed E-state index contributed by atoms with van der Waals surface area (Å²) in [6.45, 7) is 6.30. The fraction of sp³-hybridized carbons (Fsp3) is 0.286. The Morgan fingerprint density at radius 3 is 2.55 bits per heavy atom. The number of rotatable bonds is 7. The first-order chi connectivity index (χ1) is 16.0. The van der Waals surface area contributed by atoms with Crippen molar-refractivity contribution in [2.45, 2.75) is 46.5 Å². The Morgan fingerprint density at radius 1 is 0.848 bits per heavy atom. The Hall–Kier alpha value is -3.60. The van der Waals surface area contributed by atoms with Gasteiger partial charge in [0.15, 0.2) is 0 Å². The number of methoxy groups -OCH3 is 1. The number of hydrogen-bond acceptors (Lipinski definition) is 3. The van der Waals surface area contributed by atoms with E-state index in [4.69, 9.17) is 14.7 Å². The molecule has 0 saturated carbocycles. The van der Waals surface area contributed by atoms with E-state index < -0.39 is 0 Å². The van der Waals surface area contributed by atoms with Crippen LogP contribution in [0.1, 0.15) is 46.1 Å². The molecule has 2 N–H and O–H groups in total. The molecule has 0 radical (unpaired) electrons. The van der Waals surface area contributed by atoms with Gasteiger partial charge in [0.1, 0.15) is 11.6 Å². The number of aromatic nitrogens is 4. The van der Waals surface area contributed by atoms with Crippen LogP contribution in [0.2, 0.25) is 0 Å². The molecule has 168 valence electrons. The number of ether oxygens (including phenoxy) is 1. The zero-order chi connectivity index (χ0) is 22.9. The number of nitrogens with zero attached hydrogens (tertiary/aromatic N) is 2. The number of aromatic amines is 2. The molecule has 5 nitrogen and oxygen atoms in total. The van der Waals surface area contributed by atoms with Crippen LogP contribution in [0.15, 0.2) is 48.5 Å². The monoisotopic (exact) mass is 438 g/mol. The highest BCUT2D eigenvalue weighted by atomic mass is 16.5. The molecule has 0 spiro atoms. The average molecular weight is 439 g/mol. The van der Waals surface area contributed by atoms with Gasteiger partial charge in [0.25, 0.3) is 0 Å². The summed E-state index contributed by atoms with van der Waals surface area (Å²) in [6.07, 6.45) is 3.66. The maximum absolute atomic E-state index is 5.42. The number of H-pyrrole nitrogens is 2. The van der Waals surface area contributed by atoms with E-state index in [1.165, 1.54) is 38.8 Å². The van der Waals surface area contributed by atoms with Crippen LogP contribution < -0.4 is 4.74 Å². The van der Waals surface area contributed by atoms with Crippen molar-refractivity contribution in [3.63, 3.8) is 0 Å². The third kappa shape index (κ3) is 4.49. The van der Waals surface area contributed by atoms with E-state index in [0.717, 1.165) is 54.2 Å². The molecule has 0 atom stereocenters. The molecule has 5 heteroatoms. The van der Waals surface area contributed by atoms with Gasteiger partial charge >= 0.3 is 0 Å². The third-order valence-corrected chi connectivity index (χ3v) is 6.31. The van der Waals surface area contributed by atoms with Crippen LogP contribution in [0.4, 0.5) is 0 Å². The van der Waals surface area contributed by atoms with Gasteiger partial charge in [-0.1, -0.05) is 6.07 Å². The van der Waals surface area contributed by atoms with E-state index >= 15 is 0 Å². The van der Waals surface area contributed by atoms with E-state index in [-0.39, 0.29) is 0 Å². The first-order valence-corrected chi connectivity index (χ1v) is 11.6. The summed E-state index contributed by atoms with van der Waals surface area (Å²) in [5.41, 5.74) is 9.48. The van der Waals surface area contributed by atoms with Gasteiger partial charge in [-0.25, -0.2) is 9.97 Å². The second-order valence-corrected chi connectivity index (χ2v) is 8.96. The minimum atomic E-state index is 0.817. The van der Waals surface area contributed by atoms with E-state index in [1.54, 1.807) is 7.11 Å². The molecule has 0 amide bonds. The lowest BCUT2D eigenvalue weighted by Crippen LogP contribution is -2.03. The van der Waals surface area contributed by atoms with Crippen molar-refractivity contribution in [1.82, 2.24) is 19.9 Å². The molecule has 0 aliphatic heterocycles. The third-order valence-electron chi connectivity index (χ3n) is 6.31. The molecular formula is C28H30N4O. The summed E-state index contributed by atoms with van der Waals surface area (Å²) in [7, 11) is 1.71. The minimum Gasteiger partial charge on any atom is -0.497 e. The number of aryl methyl sites for hydroxylation is 5. The molecule has 5 rings (SSSR count). The summed E-state index contributed by atoms with van der Waals surface area (Å²) >= 11 is 0. The second kappa shape index (κ2) is 8.74. The van der Waals surface area contributed by atoms with Crippen molar-refractivity contribution in [3.8, 4) is 5.75 Å². The highest BCUT2D eigenvalue weighted by Gasteiger charge is 2.11. The zero-order valence-corrected chi connectivity index (χ0v) is 19.7. The molecule has 5 aromatic rings. The number of hydrogen-bond donors (Lipinski definition) is 2. The topological polar surface area (TPSA) is 66.6 Å². The molecule has 3 heterocycles. The van der Waals surface area contributed by atoms with Gasteiger partial charge in [-0.3, -0.25) is 0 Å². The van der Waals surface area contributed by atoms with Gasteiger partial charge in [0, 0.05) is 52.0 Å². The van der Waals surface area contributed by atoms with E-state index in [0.29, 0.717) is 0 Å². The molecule has 0 unspecified atom stereocenters. The highest BCUT2D eigenvalue weighted by Crippen LogP contribution is 2.27. The van der Waals surface area contributed by atoms with Crippen LogP contribution >= 0.6 is 0 Å². The van der Waals surface area contributed by atoms with Crippen molar-refractivity contribution in [2.75, 3.05) is 7.11 Å². The molecule has 0 fully saturated rings. The lowest BCUT2D eigenvalue weighted by molar-refractivity contribution is 0.415. The maximum Gasteiger partial charge on any atom is 0.128 e. The average Bonchev–Trinajstić information content (AvgIpc) is 3.30. The van der Waals surface area contributed by atoms with E-state index in [2.05, 4.69) is 73.2 Å². The van der Waals surface area contributed by atoms with Crippen LogP contribution in [0, 0.1) is 20.8 Å². The minimum absolute atomic E-state index is 0.817. The van der Waals surface area contributed by atoms with Crippen LogP contribution in [-0.4, -0.2) is 27.0 Å². The highest BCUT2D eigenvalue weighted by molar-refractivity contribution is 5.86. The Bertz CT molecular complexity index is 1440. The summed E-state index contributed by atoms with van der Waals surface area (Å²) in [4.78, 5) is 16.5. The Morgan fingerprint density at radius 2 is 1.70 bits per heavy atom. The molecule has 0 bridgehead atoms. The van der Waals surface area contributed by atoms with Gasteiger partial charge < -0.3 is 14.7 Å². The molecule has 0 aliphatic rings. The predicted molar refractivity (Wildman–Crippen MR) is 134 cm³/mol. The van der Waals surface area contributed by atoms with Gasteiger partial charge in [0.2, 0.25) is 0 Å². The second-order valence-electron chi connectivity index (χ2n) is 8.96. The largest absolute Gasteiger partial charge is 0.497 e. The SMILES string of the molecule is COc1ccc2[nH]c(C)c(CCCc3nc(C)cc(Cc4ccc5[nH]c(C)cc5c4)n3)c2c1. The summed E-state index contributed by atoms with van der Waals surface area (Å²) < 4.78 is 5.42. The quantitative estimate of drug-likeness (QED) is 0.321. The zero-order valence-electron chi connectivity index (χ0n) is 19.7. The molecule has 2 aromatic carbocycles. The number of fused-ring (bicyclic) bond motifs is 2. The van der Waals surface area contributed by atoms with Crippen molar-refractivity contribution >= 4 is 21.8 Å². The van der Waals surface area contributed by atoms with Crippen LogP contribution in [0.5, 0.6) is 5.75 Å². The summed E-state index contributed by atoms with van der Waals surface area (Å²) in [5, 5.41) is 2.50. The fourth-order valence-electron chi connectivity index (χ4n) is 4.78. The summed E-state index contributed by atoms with van der Waals surface area (Å²) in [5.74, 6) is 1.82. The van der Waals surface area contributed by atoms with Gasteiger partial charge in [-0.05, 0) is 92.6 Å². The van der Waals surface area contributed by atoms with Crippen LogP contribution in [0.25, 0.3) is 21.8 Å². The lowest BCUT2D eigenvalue weighted by atomic mass is 10.0. The summed E-state index contributed by atoms with van der Waals surface area (Å²) in [6, 6.07) is 17.1. The van der Waals surface area contributed by atoms with Crippen molar-refractivity contribution in [3.05, 3.63) is 88.3 Å². The Balaban J connectivity index is 1.30. The van der Waals surface area contributed by atoms with Gasteiger partial charge in [-0.15, -0.1) is 0 Å². The van der Waals surface area contributed by atoms with Gasteiger partial charge in [0.05, 0.1) is 7.11 Å². The van der Waals surface area contributed by atoms with Gasteiger partial charge in [-0.2, -0.15) is 0 Å². The molecule has 3 aromatic heterocycles. The van der Waals surface area contributed by atoms with Crippen molar-refractivity contribution in [1.29, 1.82) is 0 Å². The normalized spacial score (nSPS) is 11.5. The first-order valence-electron chi connectivity index (χ1n) is 11.6. The van der Waals surface area contributed by atoms with E-state index in [9.17, 15) is 0 Å². The smallest absolute Gasteiger partial charge is 0.128 e. The van der Waals surface area contributed by atoms with Crippen LogP contribution in [-0.2, 0) is 19.3 Å². The molecule has 0 saturated heterocycles.